The number of nitrogens with zero attached hydrogens (tertiary/aromatic N) is 4. The number of rotatable bonds is 11. The van der Waals surface area contributed by atoms with Crippen LogP contribution in [0.15, 0.2) is 67.3 Å². The molecule has 1 aliphatic carbocycles. The summed E-state index contributed by atoms with van der Waals surface area (Å²) in [5.41, 5.74) is 2.45. The minimum absolute atomic E-state index is 0.110. The van der Waals surface area contributed by atoms with Crippen LogP contribution in [0.3, 0.4) is 0 Å². The van der Waals surface area contributed by atoms with Crippen LogP contribution in [-0.4, -0.2) is 91.8 Å². The predicted molar refractivity (Wildman–Crippen MR) is 172 cm³/mol. The Balaban J connectivity index is 1.29. The summed E-state index contributed by atoms with van der Waals surface area (Å²) in [6.45, 7) is 8.45. The predicted octanol–water partition coefficient (Wildman–Crippen LogP) is 2.40. The topological polar surface area (TPSA) is 131 Å². The van der Waals surface area contributed by atoms with E-state index in [0.717, 1.165) is 11.1 Å². The summed E-state index contributed by atoms with van der Waals surface area (Å²) >= 11 is 0. The van der Waals surface area contributed by atoms with Gasteiger partial charge in [-0.3, -0.25) is 29.4 Å². The van der Waals surface area contributed by atoms with Crippen LogP contribution < -0.4 is 10.6 Å². The second-order valence-corrected chi connectivity index (χ2v) is 13.6. The van der Waals surface area contributed by atoms with Crippen LogP contribution in [-0.2, 0) is 29.0 Å². The summed E-state index contributed by atoms with van der Waals surface area (Å²) in [5, 5.41) is 28.2. The van der Waals surface area contributed by atoms with E-state index in [1.807, 2.05) is 50.1 Å². The number of hydrogen-bond acceptors (Lipinski definition) is 8. The van der Waals surface area contributed by atoms with Gasteiger partial charge in [0.1, 0.15) is 11.9 Å². The van der Waals surface area contributed by atoms with Gasteiger partial charge in [0.2, 0.25) is 11.8 Å². The van der Waals surface area contributed by atoms with Crippen molar-refractivity contribution in [2.75, 3.05) is 26.2 Å². The highest BCUT2D eigenvalue weighted by Gasteiger charge is 2.38. The van der Waals surface area contributed by atoms with E-state index >= 15 is 0 Å². The molecular weight excluding hydrogens is 587 g/mol. The van der Waals surface area contributed by atoms with E-state index in [-0.39, 0.29) is 31.2 Å². The summed E-state index contributed by atoms with van der Waals surface area (Å²) in [6, 6.07) is 11.0. The van der Waals surface area contributed by atoms with Crippen molar-refractivity contribution in [3.8, 4) is 0 Å². The van der Waals surface area contributed by atoms with Crippen molar-refractivity contribution >= 4 is 11.8 Å². The Morgan fingerprint density at radius 3 is 2.43 bits per heavy atom. The number of aliphatic hydroxyl groups is 2. The van der Waals surface area contributed by atoms with Gasteiger partial charge in [0, 0.05) is 75.4 Å². The lowest BCUT2D eigenvalue weighted by atomic mass is 9.92. The third kappa shape index (κ3) is 8.73. The zero-order chi connectivity index (χ0) is 32.8. The second kappa shape index (κ2) is 14.8. The lowest BCUT2D eigenvalue weighted by Crippen LogP contribution is -2.61. The number of halogens is 1. The first-order chi connectivity index (χ1) is 22.0. The number of pyridine rings is 2. The van der Waals surface area contributed by atoms with Crippen molar-refractivity contribution < 1.29 is 24.2 Å². The summed E-state index contributed by atoms with van der Waals surface area (Å²) in [4.78, 5) is 39.9. The molecule has 2 amide bonds. The molecule has 46 heavy (non-hydrogen) atoms. The summed E-state index contributed by atoms with van der Waals surface area (Å²) < 4.78 is 14.4. The Bertz CT molecular complexity index is 1470. The number of β-amino-alcohol motifs (C(OH)–C–C–N with tert-alkyl or cyclic N) is 1. The molecule has 2 aromatic heterocycles. The number of carbonyl (C=O) groups excluding carboxylic acids is 2. The summed E-state index contributed by atoms with van der Waals surface area (Å²) in [7, 11) is 0. The van der Waals surface area contributed by atoms with Crippen LogP contribution in [0.4, 0.5) is 4.39 Å². The Hall–Kier alpha value is -3.77. The largest absolute Gasteiger partial charge is 0.392 e. The Morgan fingerprint density at radius 1 is 1.04 bits per heavy atom. The van der Waals surface area contributed by atoms with E-state index in [0.29, 0.717) is 43.7 Å². The van der Waals surface area contributed by atoms with Gasteiger partial charge in [-0.05, 0) is 74.1 Å². The number of nitrogens with one attached hydrogen (secondary N) is 2. The maximum atomic E-state index is 14.4. The highest BCUT2D eigenvalue weighted by molar-refractivity contribution is 5.83. The standard InChI is InChI=1S/C35H45FN6O4/c1-35(2,3)40-34(46)30-22-41(20-24-8-6-12-38-19-24)13-14-42(30)21-26(43)16-25(15-23-7-5-11-37-18-23)33(45)39-32-27-9-4-10-29(36)28(27)17-31(32)44/h4-12,18-19,25-26,30-32,43-44H,13-17,20-22H2,1-3H3,(H,39,45)(H,40,46)/t25-,26+,30+,31-,32+/m1/s1. The maximum Gasteiger partial charge on any atom is 0.239 e. The van der Waals surface area contributed by atoms with Crippen molar-refractivity contribution in [3.05, 3.63) is 95.3 Å². The smallest absolute Gasteiger partial charge is 0.239 e. The van der Waals surface area contributed by atoms with Gasteiger partial charge in [-0.1, -0.05) is 24.3 Å². The first-order valence-corrected chi connectivity index (χ1v) is 16.0. The molecule has 1 fully saturated rings. The molecule has 3 aromatic rings. The average Bonchev–Trinajstić information content (AvgIpc) is 3.33. The number of carbonyl (C=O) groups is 2. The minimum Gasteiger partial charge on any atom is -0.392 e. The Kier molecular flexibility index (Phi) is 10.8. The van der Waals surface area contributed by atoms with Gasteiger partial charge in [0.05, 0.1) is 18.2 Å². The van der Waals surface area contributed by atoms with Crippen LogP contribution in [0.25, 0.3) is 0 Å². The molecule has 246 valence electrons. The molecule has 0 unspecified atom stereocenters. The van der Waals surface area contributed by atoms with E-state index in [9.17, 15) is 24.2 Å². The molecule has 1 saturated heterocycles. The van der Waals surface area contributed by atoms with Gasteiger partial charge in [0.15, 0.2) is 0 Å². The molecule has 11 heteroatoms. The van der Waals surface area contributed by atoms with Crippen LogP contribution in [0.1, 0.15) is 55.5 Å². The molecule has 2 aliphatic rings. The number of hydrogen-bond donors (Lipinski definition) is 4. The number of aliphatic hydroxyl groups excluding tert-OH is 2. The highest BCUT2D eigenvalue weighted by Crippen LogP contribution is 2.33. The van der Waals surface area contributed by atoms with Crippen LogP contribution in [0.5, 0.6) is 0 Å². The lowest BCUT2D eigenvalue weighted by Gasteiger charge is -2.42. The first-order valence-electron chi connectivity index (χ1n) is 16.0. The molecule has 10 nitrogen and oxygen atoms in total. The number of fused-ring (bicyclic) bond motifs is 1. The molecule has 5 atom stereocenters. The van der Waals surface area contributed by atoms with Crippen molar-refractivity contribution in [1.82, 2.24) is 30.4 Å². The number of benzene rings is 1. The summed E-state index contributed by atoms with van der Waals surface area (Å²) in [5.74, 6) is -1.51. The fourth-order valence-electron chi connectivity index (χ4n) is 6.51. The molecular formula is C35H45FN6O4. The van der Waals surface area contributed by atoms with Crippen LogP contribution in [0, 0.1) is 11.7 Å². The molecule has 4 N–H and O–H groups in total. The van der Waals surface area contributed by atoms with E-state index in [1.165, 1.54) is 6.07 Å². The Morgan fingerprint density at radius 2 is 1.76 bits per heavy atom. The van der Waals surface area contributed by atoms with E-state index < -0.39 is 41.6 Å². The molecule has 1 aliphatic heterocycles. The quantitative estimate of drug-likeness (QED) is 0.254. The van der Waals surface area contributed by atoms with Crippen LogP contribution in [0.2, 0.25) is 0 Å². The minimum atomic E-state index is -0.954. The zero-order valence-electron chi connectivity index (χ0n) is 26.8. The van der Waals surface area contributed by atoms with E-state index in [1.54, 1.807) is 36.8 Å². The van der Waals surface area contributed by atoms with E-state index in [4.69, 9.17) is 0 Å². The second-order valence-electron chi connectivity index (χ2n) is 13.6. The first kappa shape index (κ1) is 33.6. The third-order valence-electron chi connectivity index (χ3n) is 8.67. The summed E-state index contributed by atoms with van der Waals surface area (Å²) in [6.07, 6.45) is 5.61. The highest BCUT2D eigenvalue weighted by atomic mass is 19.1. The fourth-order valence-corrected chi connectivity index (χ4v) is 6.51. The van der Waals surface area contributed by atoms with Gasteiger partial charge in [-0.15, -0.1) is 0 Å². The van der Waals surface area contributed by atoms with E-state index in [2.05, 4.69) is 25.5 Å². The molecule has 0 spiro atoms. The average molecular weight is 633 g/mol. The fraction of sp³-hybridized carbons (Fsp3) is 0.486. The molecule has 5 rings (SSSR count). The zero-order valence-corrected chi connectivity index (χ0v) is 26.8. The lowest BCUT2D eigenvalue weighted by molar-refractivity contribution is -0.132. The molecule has 0 saturated carbocycles. The van der Waals surface area contributed by atoms with Gasteiger partial charge in [-0.25, -0.2) is 4.39 Å². The van der Waals surface area contributed by atoms with Gasteiger partial charge in [0.25, 0.3) is 0 Å². The van der Waals surface area contributed by atoms with Crippen molar-refractivity contribution in [3.63, 3.8) is 0 Å². The maximum absolute atomic E-state index is 14.4. The number of aromatic nitrogens is 2. The molecule has 1 aromatic carbocycles. The van der Waals surface area contributed by atoms with Crippen molar-refractivity contribution in [1.29, 1.82) is 0 Å². The Labute approximate surface area is 270 Å². The normalized spacial score (nSPS) is 21.7. The monoisotopic (exact) mass is 632 g/mol. The molecule has 3 heterocycles. The van der Waals surface area contributed by atoms with Gasteiger partial charge < -0.3 is 20.8 Å². The number of piperazine rings is 1. The number of amides is 2. The SMILES string of the molecule is CC(C)(C)NC(=O)[C@@H]1CN(Cc2cccnc2)CCN1C[C@@H](O)C[C@@H](Cc1cccnc1)C(=O)N[C@H]1c2cccc(F)c2C[C@H]1O. The van der Waals surface area contributed by atoms with Gasteiger partial charge in [-0.2, -0.15) is 0 Å². The van der Waals surface area contributed by atoms with Crippen LogP contribution >= 0.6 is 0 Å². The molecule has 0 radical (unpaired) electrons. The van der Waals surface area contributed by atoms with Crippen molar-refractivity contribution in [2.24, 2.45) is 5.92 Å². The van der Waals surface area contributed by atoms with Gasteiger partial charge >= 0.3 is 0 Å². The third-order valence-corrected chi connectivity index (χ3v) is 8.67. The molecule has 0 bridgehead atoms. The van der Waals surface area contributed by atoms with Crippen molar-refractivity contribution in [2.45, 2.75) is 76.4 Å².